The Morgan fingerprint density at radius 2 is 1.80 bits per heavy atom. The number of carbonyl (C=O) groups is 3. The number of hydrogen-bond donors (Lipinski definition) is 1. The number of ketones is 1. The van der Waals surface area contributed by atoms with Crippen LogP contribution in [0.4, 0.5) is 5.69 Å². The van der Waals surface area contributed by atoms with Crippen molar-refractivity contribution in [2.45, 2.75) is 13.8 Å². The maximum absolute atomic E-state index is 12.6. The zero-order valence-corrected chi connectivity index (χ0v) is 16.8. The number of ether oxygens (including phenoxy) is 2. The highest BCUT2D eigenvalue weighted by atomic mass is 16.7. The van der Waals surface area contributed by atoms with Gasteiger partial charge in [-0.25, -0.2) is 4.98 Å². The minimum absolute atomic E-state index is 0.0843. The molecule has 0 aliphatic carbocycles. The van der Waals surface area contributed by atoms with Crippen LogP contribution in [0.25, 0.3) is 0 Å². The monoisotopic (exact) mass is 414 g/mol. The first-order chi connectivity index (χ1) is 14.4. The van der Waals surface area contributed by atoms with Crippen molar-refractivity contribution in [3.63, 3.8) is 0 Å². The number of oxazole rings is 1. The number of aromatic nitrogens is 1. The number of benzene rings is 1. The summed E-state index contributed by atoms with van der Waals surface area (Å²) in [5.74, 6) is 0.873. The van der Waals surface area contributed by atoms with E-state index >= 15 is 0 Å². The lowest BCUT2D eigenvalue weighted by Gasteiger charge is -2.34. The summed E-state index contributed by atoms with van der Waals surface area (Å²) in [6, 6.07) is 3.18. The molecule has 2 aromatic rings. The molecule has 0 radical (unpaired) electrons. The summed E-state index contributed by atoms with van der Waals surface area (Å²) in [5.41, 5.74) is 1.08. The first-order valence-corrected chi connectivity index (χ1v) is 9.58. The minimum Gasteiger partial charge on any atom is -0.454 e. The summed E-state index contributed by atoms with van der Waals surface area (Å²) in [6.45, 7) is 5.44. The molecule has 1 aromatic carbocycles. The molecule has 0 spiro atoms. The second-order valence-electron chi connectivity index (χ2n) is 7.18. The van der Waals surface area contributed by atoms with Gasteiger partial charge in [-0.05, 0) is 19.9 Å². The quantitative estimate of drug-likeness (QED) is 0.729. The van der Waals surface area contributed by atoms with E-state index in [9.17, 15) is 14.4 Å². The topological polar surface area (TPSA) is 114 Å². The molecule has 0 atom stereocenters. The Kier molecular flexibility index (Phi) is 5.40. The molecule has 1 saturated heterocycles. The number of anilines is 1. The van der Waals surface area contributed by atoms with Gasteiger partial charge in [0, 0.05) is 37.8 Å². The van der Waals surface area contributed by atoms with Crippen molar-refractivity contribution in [2.24, 2.45) is 0 Å². The molecule has 1 N–H and O–H groups in total. The summed E-state index contributed by atoms with van der Waals surface area (Å²) < 4.78 is 15.7. The Morgan fingerprint density at radius 3 is 2.43 bits per heavy atom. The van der Waals surface area contributed by atoms with E-state index in [2.05, 4.69) is 10.3 Å². The number of Topliss-reactive ketones (excluding diaryl/α,β-unsaturated/α-hetero) is 1. The molecule has 3 heterocycles. The van der Waals surface area contributed by atoms with Gasteiger partial charge in [0.25, 0.3) is 5.91 Å². The Labute approximate surface area is 172 Å². The predicted molar refractivity (Wildman–Crippen MR) is 105 cm³/mol. The zero-order chi connectivity index (χ0) is 21.3. The normalized spacial score (nSPS) is 15.9. The van der Waals surface area contributed by atoms with Gasteiger partial charge in [0.05, 0.1) is 12.2 Å². The van der Waals surface area contributed by atoms with Gasteiger partial charge in [-0.3, -0.25) is 19.3 Å². The van der Waals surface area contributed by atoms with Crippen molar-refractivity contribution in [1.82, 2.24) is 14.8 Å². The molecule has 0 bridgehead atoms. The predicted octanol–water partition coefficient (Wildman–Crippen LogP) is 1.31. The first-order valence-electron chi connectivity index (χ1n) is 9.58. The van der Waals surface area contributed by atoms with Crippen molar-refractivity contribution in [3.8, 4) is 11.5 Å². The van der Waals surface area contributed by atoms with Gasteiger partial charge in [-0.2, -0.15) is 0 Å². The van der Waals surface area contributed by atoms with Crippen molar-refractivity contribution in [2.75, 3.05) is 44.8 Å². The molecule has 1 aromatic heterocycles. The third kappa shape index (κ3) is 3.99. The van der Waals surface area contributed by atoms with Crippen LogP contribution in [0.1, 0.15) is 33.5 Å². The number of rotatable bonds is 5. The second kappa shape index (κ2) is 8.15. The highest BCUT2D eigenvalue weighted by Crippen LogP contribution is 2.37. The molecule has 4 rings (SSSR count). The Morgan fingerprint density at radius 1 is 1.10 bits per heavy atom. The van der Waals surface area contributed by atoms with Gasteiger partial charge in [-0.15, -0.1) is 0 Å². The molecule has 158 valence electrons. The number of nitrogens with zero attached hydrogens (tertiary/aromatic N) is 3. The van der Waals surface area contributed by atoms with Crippen molar-refractivity contribution < 1.29 is 28.3 Å². The number of aryl methyl sites for hydroxylation is 1. The van der Waals surface area contributed by atoms with Crippen molar-refractivity contribution in [3.05, 3.63) is 35.5 Å². The van der Waals surface area contributed by atoms with Crippen molar-refractivity contribution in [1.29, 1.82) is 0 Å². The minimum atomic E-state index is -0.247. The standard InChI is InChI=1S/C20H22N4O6/c1-12(25)14-7-16-17(30-11-29-16)8-15(14)22-18(26)9-23-3-5-24(6-4-23)20(27)19-13(2)28-10-21-19/h7-8,10H,3-6,9,11H2,1-2H3,(H,22,26). The Balaban J connectivity index is 1.34. The number of carbonyl (C=O) groups excluding carboxylic acids is 3. The molecule has 2 amide bonds. The Bertz CT molecular complexity index is 993. The summed E-state index contributed by atoms with van der Waals surface area (Å²) >= 11 is 0. The molecule has 1 fully saturated rings. The van der Waals surface area contributed by atoms with E-state index in [1.54, 1.807) is 24.0 Å². The number of amides is 2. The second-order valence-corrected chi connectivity index (χ2v) is 7.18. The van der Waals surface area contributed by atoms with Crippen LogP contribution in [0.5, 0.6) is 11.5 Å². The van der Waals surface area contributed by atoms with Gasteiger partial charge < -0.3 is 24.1 Å². The fourth-order valence-electron chi connectivity index (χ4n) is 3.50. The fourth-order valence-corrected chi connectivity index (χ4v) is 3.50. The molecule has 2 aliphatic rings. The lowest BCUT2D eigenvalue weighted by atomic mass is 10.1. The van der Waals surface area contributed by atoms with Gasteiger partial charge >= 0.3 is 0 Å². The maximum Gasteiger partial charge on any atom is 0.276 e. The average Bonchev–Trinajstić information content (AvgIpc) is 3.35. The molecule has 2 aliphatic heterocycles. The molecule has 0 saturated carbocycles. The zero-order valence-electron chi connectivity index (χ0n) is 16.8. The van der Waals surface area contributed by atoms with Crippen LogP contribution in [0.15, 0.2) is 22.9 Å². The van der Waals surface area contributed by atoms with Crippen LogP contribution in [0.2, 0.25) is 0 Å². The average molecular weight is 414 g/mol. The lowest BCUT2D eigenvalue weighted by Crippen LogP contribution is -2.50. The van der Waals surface area contributed by atoms with Crippen LogP contribution in [-0.2, 0) is 4.79 Å². The number of fused-ring (bicyclic) bond motifs is 1. The van der Waals surface area contributed by atoms with E-state index in [0.29, 0.717) is 60.4 Å². The molecular weight excluding hydrogens is 392 g/mol. The molecule has 30 heavy (non-hydrogen) atoms. The van der Waals surface area contributed by atoms with Crippen LogP contribution in [0, 0.1) is 6.92 Å². The van der Waals surface area contributed by atoms with Crippen LogP contribution in [0.3, 0.4) is 0 Å². The van der Waals surface area contributed by atoms with E-state index in [-0.39, 0.29) is 30.9 Å². The molecule has 10 nitrogen and oxygen atoms in total. The van der Waals surface area contributed by atoms with Crippen molar-refractivity contribution >= 4 is 23.3 Å². The van der Waals surface area contributed by atoms with Crippen LogP contribution >= 0.6 is 0 Å². The van der Waals surface area contributed by atoms with E-state index in [0.717, 1.165) is 0 Å². The highest BCUT2D eigenvalue weighted by molar-refractivity contribution is 6.05. The largest absolute Gasteiger partial charge is 0.454 e. The lowest BCUT2D eigenvalue weighted by molar-refractivity contribution is -0.117. The molecular formula is C20H22N4O6. The SMILES string of the molecule is CC(=O)c1cc2c(cc1NC(=O)CN1CCN(C(=O)c3ncoc3C)CC1)OCO2. The highest BCUT2D eigenvalue weighted by Gasteiger charge is 2.26. The van der Waals surface area contributed by atoms with E-state index < -0.39 is 0 Å². The summed E-state index contributed by atoms with van der Waals surface area (Å²) in [4.78, 5) is 44.6. The number of piperazine rings is 1. The molecule has 0 unspecified atom stereocenters. The summed E-state index contributed by atoms with van der Waals surface area (Å²) in [6.07, 6.45) is 1.26. The fraction of sp³-hybridized carbons (Fsp3) is 0.400. The van der Waals surface area contributed by atoms with Gasteiger partial charge in [0.2, 0.25) is 12.7 Å². The van der Waals surface area contributed by atoms with Crippen LogP contribution < -0.4 is 14.8 Å². The number of hydrogen-bond acceptors (Lipinski definition) is 8. The van der Waals surface area contributed by atoms with E-state index in [1.807, 2.05) is 4.90 Å². The molecule has 10 heteroatoms. The first kappa shape index (κ1) is 19.9. The van der Waals surface area contributed by atoms with E-state index in [4.69, 9.17) is 13.9 Å². The maximum atomic E-state index is 12.6. The van der Waals surface area contributed by atoms with Gasteiger partial charge in [0.1, 0.15) is 5.76 Å². The number of nitrogens with one attached hydrogen (secondary N) is 1. The van der Waals surface area contributed by atoms with Crippen LogP contribution in [-0.4, -0.2) is 71.9 Å². The van der Waals surface area contributed by atoms with Gasteiger partial charge in [0.15, 0.2) is 29.4 Å². The smallest absolute Gasteiger partial charge is 0.276 e. The summed E-state index contributed by atoms with van der Waals surface area (Å²) in [7, 11) is 0. The Hall–Kier alpha value is -3.40. The summed E-state index contributed by atoms with van der Waals surface area (Å²) in [5, 5.41) is 2.79. The third-order valence-corrected chi connectivity index (χ3v) is 5.14. The van der Waals surface area contributed by atoms with Gasteiger partial charge in [-0.1, -0.05) is 0 Å². The van der Waals surface area contributed by atoms with E-state index in [1.165, 1.54) is 13.3 Å². The third-order valence-electron chi connectivity index (χ3n) is 5.14.